The van der Waals surface area contributed by atoms with Gasteiger partial charge in [-0.3, -0.25) is 0 Å². The summed E-state index contributed by atoms with van der Waals surface area (Å²) in [6.07, 6.45) is 12.1. The first-order valence-corrected chi connectivity index (χ1v) is 20.6. The summed E-state index contributed by atoms with van der Waals surface area (Å²) in [7, 11) is -2.75. The second-order valence-electron chi connectivity index (χ2n) is 12.9. The van der Waals surface area contributed by atoms with E-state index in [0.717, 1.165) is 101 Å². The highest BCUT2D eigenvalue weighted by molar-refractivity contribution is 6.60. The van der Waals surface area contributed by atoms with Crippen molar-refractivity contribution in [3.63, 3.8) is 0 Å². The van der Waals surface area contributed by atoms with Crippen molar-refractivity contribution in [1.29, 1.82) is 0 Å². The monoisotopic (exact) mass is 670 g/mol. The minimum absolute atomic E-state index is 0.200. The number of rotatable bonds is 26. The Bertz CT molecular complexity index is 1160. The summed E-state index contributed by atoms with van der Waals surface area (Å²) < 4.78 is 42.8. The zero-order valence-electron chi connectivity index (χ0n) is 30.3. The maximum Gasteiger partial charge on any atom is 0.500 e. The van der Waals surface area contributed by atoms with E-state index in [4.69, 9.17) is 32.2 Å². The summed E-state index contributed by atoms with van der Waals surface area (Å²) in [5.41, 5.74) is 7.71. The van der Waals surface area contributed by atoms with Gasteiger partial charge in [0, 0.05) is 25.9 Å². The van der Waals surface area contributed by atoms with E-state index in [2.05, 4.69) is 45.0 Å². The molecule has 0 saturated carbocycles. The van der Waals surface area contributed by atoms with Gasteiger partial charge < -0.3 is 32.2 Å². The summed E-state index contributed by atoms with van der Waals surface area (Å²) in [5.74, 6) is 2.13. The molecule has 2 atom stereocenters. The van der Waals surface area contributed by atoms with Crippen molar-refractivity contribution in [1.82, 2.24) is 0 Å². The van der Waals surface area contributed by atoms with Crippen LogP contribution in [0, 0.1) is 0 Å². The highest BCUT2D eigenvalue weighted by Crippen LogP contribution is 2.38. The van der Waals surface area contributed by atoms with E-state index in [1.54, 1.807) is 0 Å². The Balaban J connectivity index is 1.74. The molecule has 2 aliphatic heterocycles. The van der Waals surface area contributed by atoms with E-state index in [1.165, 1.54) is 33.4 Å². The van der Waals surface area contributed by atoms with Crippen LogP contribution < -0.4 is 9.47 Å². The summed E-state index contributed by atoms with van der Waals surface area (Å²) in [6.45, 7) is 17.4. The third-order valence-corrected chi connectivity index (χ3v) is 12.0. The van der Waals surface area contributed by atoms with Crippen molar-refractivity contribution < 1.29 is 32.2 Å². The van der Waals surface area contributed by atoms with E-state index in [-0.39, 0.29) is 12.2 Å². The van der Waals surface area contributed by atoms with Crippen LogP contribution in [0.3, 0.4) is 0 Å². The standard InChI is InChI=1S/C39H62O7Si/c1-7-13-17-30-22-34(23-31(18-14-8-2)38(30)42-28-36-26-40-36)35-24-32(19-15-9-3)39(43-29-37-27-41-37)33(25-35)20-16-21-47(44-10-4,45-11-5)46-12-6/h22-25,36-37H,7-21,26-29H2,1-6H3. The lowest BCUT2D eigenvalue weighted by Gasteiger charge is -2.28. The Morgan fingerprint density at radius 2 is 0.894 bits per heavy atom. The maximum atomic E-state index is 6.60. The zero-order valence-corrected chi connectivity index (χ0v) is 31.3. The molecule has 8 heteroatoms. The second-order valence-corrected chi connectivity index (χ2v) is 15.7. The lowest BCUT2D eigenvalue weighted by molar-refractivity contribution is 0.0708. The molecule has 2 fully saturated rings. The number of ether oxygens (including phenoxy) is 4. The number of hydrogen-bond acceptors (Lipinski definition) is 7. The Labute approximate surface area is 286 Å². The van der Waals surface area contributed by atoms with Crippen molar-refractivity contribution in [3.05, 3.63) is 46.5 Å². The van der Waals surface area contributed by atoms with Crippen molar-refractivity contribution in [2.24, 2.45) is 0 Å². The lowest BCUT2D eigenvalue weighted by atomic mass is 9.90. The first-order chi connectivity index (χ1) is 23.0. The average molecular weight is 671 g/mol. The molecule has 0 aromatic heterocycles. The van der Waals surface area contributed by atoms with E-state index >= 15 is 0 Å². The van der Waals surface area contributed by atoms with Crippen LogP contribution in [0.15, 0.2) is 24.3 Å². The topological polar surface area (TPSA) is 71.2 Å². The van der Waals surface area contributed by atoms with Crippen molar-refractivity contribution in [2.45, 2.75) is 130 Å². The predicted molar refractivity (Wildman–Crippen MR) is 192 cm³/mol. The summed E-state index contributed by atoms with van der Waals surface area (Å²) in [6, 6.07) is 10.3. The number of unbranched alkanes of at least 4 members (excludes halogenated alkanes) is 3. The van der Waals surface area contributed by atoms with Crippen LogP contribution in [0.4, 0.5) is 0 Å². The Morgan fingerprint density at radius 1 is 0.553 bits per heavy atom. The van der Waals surface area contributed by atoms with Gasteiger partial charge in [-0.1, -0.05) is 40.0 Å². The normalized spacial score (nSPS) is 17.2. The number of benzene rings is 2. The molecule has 0 aliphatic carbocycles. The van der Waals surface area contributed by atoms with Crippen LogP contribution in [0.5, 0.6) is 11.5 Å². The first-order valence-electron chi connectivity index (χ1n) is 18.7. The molecule has 2 aliphatic rings. The van der Waals surface area contributed by atoms with Gasteiger partial charge in [-0.2, -0.15) is 0 Å². The fourth-order valence-electron chi connectivity index (χ4n) is 6.24. The zero-order chi connectivity index (χ0) is 33.5. The first kappa shape index (κ1) is 37.9. The van der Waals surface area contributed by atoms with Gasteiger partial charge in [0.2, 0.25) is 0 Å². The summed E-state index contributed by atoms with van der Waals surface area (Å²) in [4.78, 5) is 0. The third-order valence-electron chi connectivity index (χ3n) is 8.87. The number of aryl methyl sites for hydroxylation is 4. The van der Waals surface area contributed by atoms with Crippen LogP contribution in [0.25, 0.3) is 11.1 Å². The van der Waals surface area contributed by atoms with Gasteiger partial charge in [-0.05, 0) is 130 Å². The van der Waals surface area contributed by atoms with Crippen LogP contribution >= 0.6 is 0 Å². The van der Waals surface area contributed by atoms with Crippen LogP contribution in [-0.2, 0) is 48.4 Å². The highest BCUT2D eigenvalue weighted by Gasteiger charge is 2.39. The van der Waals surface area contributed by atoms with Gasteiger partial charge >= 0.3 is 8.80 Å². The SMILES string of the molecule is CCCCc1cc(-c2cc(CCCC)c(OCC3CO3)c(CCC[Si](OCC)(OCC)OCC)c2)cc(CCCC)c1OCC1CO1. The van der Waals surface area contributed by atoms with Gasteiger partial charge in [-0.25, -0.2) is 0 Å². The highest BCUT2D eigenvalue weighted by atomic mass is 28.4. The van der Waals surface area contributed by atoms with E-state index in [0.29, 0.717) is 33.0 Å². The van der Waals surface area contributed by atoms with Gasteiger partial charge in [0.15, 0.2) is 0 Å². The molecule has 4 rings (SSSR count). The quantitative estimate of drug-likeness (QED) is 0.0731. The fourth-order valence-corrected chi connectivity index (χ4v) is 8.85. The molecule has 2 heterocycles. The molecule has 2 saturated heterocycles. The number of epoxide rings is 2. The smallest absolute Gasteiger partial charge is 0.490 e. The van der Waals surface area contributed by atoms with E-state index < -0.39 is 8.80 Å². The molecular formula is C39H62O7Si. The minimum atomic E-state index is -2.75. The molecule has 0 spiro atoms. The lowest BCUT2D eigenvalue weighted by Crippen LogP contribution is -2.46. The van der Waals surface area contributed by atoms with Crippen LogP contribution in [0.1, 0.15) is 109 Å². The molecule has 0 bridgehead atoms. The van der Waals surface area contributed by atoms with Gasteiger partial charge in [0.25, 0.3) is 0 Å². The van der Waals surface area contributed by atoms with Gasteiger partial charge in [0.1, 0.15) is 36.9 Å². The maximum absolute atomic E-state index is 6.60. The molecule has 2 aromatic carbocycles. The van der Waals surface area contributed by atoms with Gasteiger partial charge in [-0.15, -0.1) is 0 Å². The fraction of sp³-hybridized carbons (Fsp3) is 0.692. The largest absolute Gasteiger partial charge is 0.500 e. The molecular weight excluding hydrogens is 609 g/mol. The van der Waals surface area contributed by atoms with Crippen LogP contribution in [-0.4, -0.2) is 67.3 Å². The van der Waals surface area contributed by atoms with E-state index in [9.17, 15) is 0 Å². The van der Waals surface area contributed by atoms with Crippen molar-refractivity contribution >= 4 is 8.80 Å². The number of hydrogen-bond donors (Lipinski definition) is 0. The Kier molecular flexibility index (Phi) is 16.0. The van der Waals surface area contributed by atoms with Crippen molar-refractivity contribution in [2.75, 3.05) is 46.2 Å². The third kappa shape index (κ3) is 11.9. The van der Waals surface area contributed by atoms with Gasteiger partial charge in [0.05, 0.1) is 13.2 Å². The molecule has 0 radical (unpaired) electrons. The minimum Gasteiger partial charge on any atom is -0.490 e. The van der Waals surface area contributed by atoms with Crippen LogP contribution in [0.2, 0.25) is 6.04 Å². The molecule has 0 amide bonds. The molecule has 264 valence electrons. The summed E-state index contributed by atoms with van der Waals surface area (Å²) in [5, 5.41) is 0. The molecule has 0 N–H and O–H groups in total. The Morgan fingerprint density at radius 3 is 1.19 bits per heavy atom. The van der Waals surface area contributed by atoms with E-state index in [1.807, 2.05) is 20.8 Å². The predicted octanol–water partition coefficient (Wildman–Crippen LogP) is 8.92. The summed E-state index contributed by atoms with van der Waals surface area (Å²) >= 11 is 0. The Hall–Kier alpha value is -1.94. The second kappa shape index (κ2) is 19.9. The molecule has 2 aromatic rings. The molecule has 47 heavy (non-hydrogen) atoms. The molecule has 2 unspecified atom stereocenters. The average Bonchev–Trinajstić information content (AvgIpc) is 4.00. The molecule has 7 nitrogen and oxygen atoms in total. The van der Waals surface area contributed by atoms with Crippen molar-refractivity contribution in [3.8, 4) is 22.6 Å².